The van der Waals surface area contributed by atoms with E-state index in [2.05, 4.69) is 5.16 Å². The number of fused-ring (bicyclic) bond motifs is 1. The molecule has 2 aromatic heterocycles. The molecule has 0 spiro atoms. The van der Waals surface area contributed by atoms with Gasteiger partial charge >= 0.3 is 5.97 Å². The van der Waals surface area contributed by atoms with E-state index in [0.717, 1.165) is 63.2 Å². The third-order valence-corrected chi connectivity index (χ3v) is 8.20. The Hall–Kier alpha value is -3.74. The van der Waals surface area contributed by atoms with Gasteiger partial charge in [-0.1, -0.05) is 52.6 Å². The van der Waals surface area contributed by atoms with Crippen molar-refractivity contribution in [2.45, 2.75) is 39.2 Å². The minimum absolute atomic E-state index is 0.275. The van der Waals surface area contributed by atoms with Gasteiger partial charge in [0, 0.05) is 35.1 Å². The summed E-state index contributed by atoms with van der Waals surface area (Å²) in [6.45, 7) is 4.14. The normalized spacial score (nSPS) is 13.3. The Morgan fingerprint density at radius 2 is 1.85 bits per heavy atom. The van der Waals surface area contributed by atoms with E-state index in [1.807, 2.05) is 61.9 Å². The second-order valence-corrected chi connectivity index (χ2v) is 10.9. The van der Waals surface area contributed by atoms with Gasteiger partial charge < -0.3 is 18.9 Å². The Morgan fingerprint density at radius 3 is 2.51 bits per heavy atom. The van der Waals surface area contributed by atoms with E-state index in [1.165, 1.54) is 0 Å². The number of benzene rings is 3. The van der Waals surface area contributed by atoms with Crippen molar-refractivity contribution in [3.05, 3.63) is 92.8 Å². The molecule has 0 atom stereocenters. The van der Waals surface area contributed by atoms with Gasteiger partial charge in [0.2, 0.25) is 0 Å². The molecule has 8 heteroatoms. The number of carboxylic acids is 1. The van der Waals surface area contributed by atoms with Gasteiger partial charge in [0.05, 0.1) is 21.2 Å². The lowest BCUT2D eigenvalue weighted by Crippen LogP contribution is -2.00. The third kappa shape index (κ3) is 4.48. The fraction of sp³-hybridized carbons (Fsp3) is 0.226. The molecule has 0 unspecified atom stereocenters. The molecule has 5 aromatic rings. The van der Waals surface area contributed by atoms with Crippen LogP contribution in [0.4, 0.5) is 0 Å². The monoisotopic (exact) mass is 560 g/mol. The zero-order chi connectivity index (χ0) is 27.4. The number of halogens is 2. The number of aryl methyl sites for hydroxylation is 2. The van der Waals surface area contributed by atoms with Crippen molar-refractivity contribution in [1.29, 1.82) is 0 Å². The number of carbonyl (C=O) groups is 1. The summed E-state index contributed by atoms with van der Waals surface area (Å²) in [6.07, 6.45) is 2.12. The highest BCUT2D eigenvalue weighted by molar-refractivity contribution is 6.39. The maximum Gasteiger partial charge on any atom is 0.338 e. The summed E-state index contributed by atoms with van der Waals surface area (Å²) in [6, 6.07) is 17.3. The number of rotatable bonds is 7. The largest absolute Gasteiger partial charge is 0.489 e. The number of ether oxygens (including phenoxy) is 1. The molecule has 0 amide bonds. The Morgan fingerprint density at radius 1 is 1.10 bits per heavy atom. The molecule has 0 radical (unpaired) electrons. The van der Waals surface area contributed by atoms with Crippen LogP contribution in [0.5, 0.6) is 5.75 Å². The van der Waals surface area contributed by atoms with Crippen LogP contribution in [0.3, 0.4) is 0 Å². The van der Waals surface area contributed by atoms with Gasteiger partial charge in [-0.2, -0.15) is 0 Å². The molecule has 2 heterocycles. The van der Waals surface area contributed by atoms with Gasteiger partial charge in [0.15, 0.2) is 0 Å². The molecule has 0 saturated heterocycles. The standard InChI is InChI=1S/C31H26Cl2N2O4/c1-16-13-20(10-12-21(16)19-9-11-22-26(14-19)35(3)17(2)27(22)31(36)37)38-15-23-29(34-39-30(23)18-7-8-18)28-24(32)5-4-6-25(28)33/h4-6,9-14,18H,7-8,15H2,1-3H3,(H,36,37). The quantitative estimate of drug-likeness (QED) is 0.215. The average molecular weight is 561 g/mol. The van der Waals surface area contributed by atoms with Crippen molar-refractivity contribution in [2.75, 3.05) is 0 Å². The van der Waals surface area contributed by atoms with Crippen molar-refractivity contribution in [1.82, 2.24) is 9.72 Å². The van der Waals surface area contributed by atoms with E-state index in [-0.39, 0.29) is 6.61 Å². The summed E-state index contributed by atoms with van der Waals surface area (Å²) >= 11 is 13.0. The van der Waals surface area contributed by atoms with E-state index in [1.54, 1.807) is 18.2 Å². The summed E-state index contributed by atoms with van der Waals surface area (Å²) in [4.78, 5) is 11.8. The lowest BCUT2D eigenvalue weighted by Gasteiger charge is -2.12. The molecule has 6 nitrogen and oxygen atoms in total. The number of nitrogens with zero attached hydrogens (tertiary/aromatic N) is 2. The van der Waals surface area contributed by atoms with Crippen LogP contribution < -0.4 is 4.74 Å². The lowest BCUT2D eigenvalue weighted by atomic mass is 9.98. The Balaban J connectivity index is 1.30. The van der Waals surface area contributed by atoms with E-state index < -0.39 is 5.97 Å². The van der Waals surface area contributed by atoms with Crippen LogP contribution in [0.1, 0.15) is 51.7 Å². The molecule has 6 rings (SSSR count). The molecule has 1 aliphatic carbocycles. The van der Waals surface area contributed by atoms with Crippen molar-refractivity contribution in [2.24, 2.45) is 7.05 Å². The van der Waals surface area contributed by atoms with Gasteiger partial charge in [0.1, 0.15) is 23.8 Å². The summed E-state index contributed by atoms with van der Waals surface area (Å²) in [5, 5.41) is 15.8. The van der Waals surface area contributed by atoms with Gasteiger partial charge in [-0.25, -0.2) is 4.79 Å². The van der Waals surface area contributed by atoms with Crippen LogP contribution in [0.2, 0.25) is 10.0 Å². The molecular weight excluding hydrogens is 535 g/mol. The highest BCUT2D eigenvalue weighted by atomic mass is 35.5. The maximum absolute atomic E-state index is 11.8. The van der Waals surface area contributed by atoms with Gasteiger partial charge in [0.25, 0.3) is 0 Å². The summed E-state index contributed by atoms with van der Waals surface area (Å²) in [5.74, 6) is 0.981. The van der Waals surface area contributed by atoms with Crippen LogP contribution in [-0.2, 0) is 13.7 Å². The Kier molecular flexibility index (Phi) is 6.40. The van der Waals surface area contributed by atoms with E-state index in [0.29, 0.717) is 32.8 Å². The molecule has 198 valence electrons. The first-order chi connectivity index (χ1) is 18.7. The van der Waals surface area contributed by atoms with Crippen LogP contribution in [0.25, 0.3) is 33.3 Å². The predicted octanol–water partition coefficient (Wildman–Crippen LogP) is 8.58. The molecular formula is C31H26Cl2N2O4. The van der Waals surface area contributed by atoms with Crippen molar-refractivity contribution < 1.29 is 19.2 Å². The highest BCUT2D eigenvalue weighted by Crippen LogP contribution is 2.46. The number of aromatic carboxylic acids is 1. The summed E-state index contributed by atoms with van der Waals surface area (Å²) < 4.78 is 13.9. The summed E-state index contributed by atoms with van der Waals surface area (Å²) in [7, 11) is 1.89. The van der Waals surface area contributed by atoms with Crippen LogP contribution in [-0.4, -0.2) is 20.8 Å². The average Bonchev–Trinajstić information content (AvgIpc) is 3.61. The first-order valence-electron chi connectivity index (χ1n) is 12.7. The number of aromatic nitrogens is 2. The van der Waals surface area contributed by atoms with E-state index in [4.69, 9.17) is 32.5 Å². The van der Waals surface area contributed by atoms with Crippen LogP contribution in [0.15, 0.2) is 59.1 Å². The molecule has 3 aromatic carbocycles. The van der Waals surface area contributed by atoms with Crippen molar-refractivity contribution in [3.8, 4) is 28.1 Å². The van der Waals surface area contributed by atoms with E-state index in [9.17, 15) is 9.90 Å². The first kappa shape index (κ1) is 25.5. The molecule has 1 saturated carbocycles. The van der Waals surface area contributed by atoms with Gasteiger partial charge in [-0.05, 0) is 73.7 Å². The SMILES string of the molecule is Cc1cc(OCc2c(-c3c(Cl)cccc3Cl)noc2C2CC2)ccc1-c1ccc2c(C(=O)O)c(C)n(C)c2c1. The topological polar surface area (TPSA) is 77.5 Å². The Bertz CT molecular complexity index is 1740. The molecule has 39 heavy (non-hydrogen) atoms. The number of hydrogen-bond acceptors (Lipinski definition) is 4. The van der Waals surface area contributed by atoms with Gasteiger partial charge in [-0.3, -0.25) is 0 Å². The molecule has 1 aliphatic rings. The fourth-order valence-electron chi connectivity index (χ4n) is 5.25. The highest BCUT2D eigenvalue weighted by Gasteiger charge is 2.33. The van der Waals surface area contributed by atoms with Crippen LogP contribution >= 0.6 is 23.2 Å². The zero-order valence-electron chi connectivity index (χ0n) is 21.7. The van der Waals surface area contributed by atoms with Crippen LogP contribution in [0, 0.1) is 13.8 Å². The third-order valence-electron chi connectivity index (χ3n) is 7.57. The maximum atomic E-state index is 11.8. The molecule has 0 bridgehead atoms. The first-order valence-corrected chi connectivity index (χ1v) is 13.5. The minimum atomic E-state index is -0.916. The minimum Gasteiger partial charge on any atom is -0.489 e. The lowest BCUT2D eigenvalue weighted by molar-refractivity contribution is 0.0698. The fourth-order valence-corrected chi connectivity index (χ4v) is 5.83. The van der Waals surface area contributed by atoms with Gasteiger partial charge in [-0.15, -0.1) is 0 Å². The molecule has 0 aliphatic heterocycles. The number of carboxylic acid groups (broad SMARTS) is 1. The summed E-state index contributed by atoms with van der Waals surface area (Å²) in [5.41, 5.74) is 7.19. The Labute approximate surface area is 235 Å². The van der Waals surface area contributed by atoms with Crippen molar-refractivity contribution >= 4 is 40.1 Å². The van der Waals surface area contributed by atoms with Crippen molar-refractivity contribution in [3.63, 3.8) is 0 Å². The molecule has 1 N–H and O–H groups in total. The van der Waals surface area contributed by atoms with E-state index >= 15 is 0 Å². The number of hydrogen-bond donors (Lipinski definition) is 1. The molecule has 1 fully saturated rings. The second-order valence-electron chi connectivity index (χ2n) is 10.1. The second kappa shape index (κ2) is 9.78. The predicted molar refractivity (Wildman–Crippen MR) is 153 cm³/mol. The smallest absolute Gasteiger partial charge is 0.338 e. The zero-order valence-corrected chi connectivity index (χ0v) is 23.2.